The van der Waals surface area contributed by atoms with Crippen LogP contribution in [0.3, 0.4) is 0 Å². The van der Waals surface area contributed by atoms with E-state index in [-0.39, 0.29) is 105 Å². The Hall–Kier alpha value is 1.37. The van der Waals surface area contributed by atoms with Gasteiger partial charge in [0.2, 0.25) is 0 Å². The molecule has 5 heteroatoms. The summed E-state index contributed by atoms with van der Waals surface area (Å²) in [5, 5.41) is 17.7. The van der Waals surface area contributed by atoms with E-state index >= 15 is 0 Å². The third-order valence-electron chi connectivity index (χ3n) is 1.17. The number of para-hydroxylation sites is 1. The molecule has 0 aromatic heterocycles. The van der Waals surface area contributed by atoms with Crippen molar-refractivity contribution in [3.63, 3.8) is 0 Å². The second-order valence-corrected chi connectivity index (χ2v) is 1.83. The van der Waals surface area contributed by atoms with E-state index in [1.165, 1.54) is 18.2 Å². The fraction of sp³-hybridized carbons (Fsp3) is 0. The van der Waals surface area contributed by atoms with Crippen LogP contribution in [0.1, 0.15) is 10.4 Å². The smallest absolute Gasteiger partial charge is 0.168 e. The number of benzene rings is 1. The third-order valence-corrected chi connectivity index (χ3v) is 1.17. The SMILES string of the molecule is O=Cc1cccc(O)c1O.[Ac].[Ac]. The molecule has 0 spiro atoms. The molecule has 0 amide bonds. The summed E-state index contributed by atoms with van der Waals surface area (Å²) < 4.78 is 0. The molecule has 1 rings (SSSR count). The standard InChI is InChI=1S/C7H6O3.2Ac/c8-4-5-2-1-3-6(9)7(5)10;;/h1-4,9-10H;;. The molecule has 1 aromatic carbocycles. The molecular formula is C7H6Ac2O3. The van der Waals surface area contributed by atoms with Crippen molar-refractivity contribution in [2.24, 2.45) is 0 Å². The number of aromatic hydroxyl groups is 2. The summed E-state index contributed by atoms with van der Waals surface area (Å²) in [6.07, 6.45) is 0.481. The Morgan fingerprint density at radius 3 is 2.17 bits per heavy atom. The molecule has 58 valence electrons. The van der Waals surface area contributed by atoms with Gasteiger partial charge in [0, 0.05) is 88.1 Å². The van der Waals surface area contributed by atoms with Crippen molar-refractivity contribution >= 4 is 6.29 Å². The zero-order valence-corrected chi connectivity index (χ0v) is 15.8. The van der Waals surface area contributed by atoms with Crippen LogP contribution in [0.2, 0.25) is 0 Å². The van der Waals surface area contributed by atoms with Crippen LogP contribution in [-0.2, 0) is 0 Å². The van der Waals surface area contributed by atoms with Gasteiger partial charge in [0.1, 0.15) is 0 Å². The predicted octanol–water partition coefficient (Wildman–Crippen LogP) is 0.910. The Morgan fingerprint density at radius 2 is 1.75 bits per heavy atom. The van der Waals surface area contributed by atoms with E-state index in [4.69, 9.17) is 10.2 Å². The van der Waals surface area contributed by atoms with Crippen LogP contribution in [0.4, 0.5) is 0 Å². The maximum absolute atomic E-state index is 10.1. The van der Waals surface area contributed by atoms with Crippen LogP contribution in [0.25, 0.3) is 0 Å². The van der Waals surface area contributed by atoms with Crippen LogP contribution in [-0.4, -0.2) is 16.5 Å². The van der Waals surface area contributed by atoms with Crippen molar-refractivity contribution in [1.29, 1.82) is 0 Å². The molecule has 0 atom stereocenters. The molecule has 0 aliphatic heterocycles. The third kappa shape index (κ3) is 4.05. The van der Waals surface area contributed by atoms with Crippen molar-refractivity contribution in [1.82, 2.24) is 0 Å². The number of carbonyl (C=O) groups excluding carboxylic acids is 1. The summed E-state index contributed by atoms with van der Waals surface area (Å²) in [6.45, 7) is 0. The molecule has 12 heavy (non-hydrogen) atoms. The molecule has 0 aliphatic rings. The quantitative estimate of drug-likeness (QED) is 0.377. The first-order valence-electron chi connectivity index (χ1n) is 2.72. The van der Waals surface area contributed by atoms with Gasteiger partial charge in [-0.05, 0) is 12.1 Å². The Morgan fingerprint density at radius 1 is 1.17 bits per heavy atom. The molecule has 2 radical (unpaired) electrons. The first-order chi connectivity index (χ1) is 4.75. The van der Waals surface area contributed by atoms with E-state index in [2.05, 4.69) is 0 Å². The second-order valence-electron chi connectivity index (χ2n) is 1.83. The van der Waals surface area contributed by atoms with Crippen molar-refractivity contribution in [3.8, 4) is 11.5 Å². The molecule has 0 saturated carbocycles. The average molecular weight is 592 g/mol. The molecular weight excluding hydrogens is 586 g/mol. The molecule has 3 nitrogen and oxygen atoms in total. The minimum atomic E-state index is -0.363. The van der Waals surface area contributed by atoms with Gasteiger partial charge in [-0.3, -0.25) is 4.79 Å². The van der Waals surface area contributed by atoms with E-state index in [1.807, 2.05) is 0 Å². The van der Waals surface area contributed by atoms with E-state index < -0.39 is 0 Å². The Kier molecular flexibility index (Phi) is 10.2. The van der Waals surface area contributed by atoms with Crippen molar-refractivity contribution < 1.29 is 103 Å². The van der Waals surface area contributed by atoms with Crippen LogP contribution in [0.5, 0.6) is 11.5 Å². The number of carbonyl (C=O) groups is 1. The van der Waals surface area contributed by atoms with Crippen molar-refractivity contribution in [2.45, 2.75) is 0 Å². The molecule has 0 bridgehead atoms. The van der Waals surface area contributed by atoms with Gasteiger partial charge >= 0.3 is 0 Å². The second kappa shape index (κ2) is 7.75. The first kappa shape index (κ1) is 15.8. The van der Waals surface area contributed by atoms with Gasteiger partial charge in [0.15, 0.2) is 17.8 Å². The van der Waals surface area contributed by atoms with Crippen LogP contribution < -0.4 is 0 Å². The zero-order valence-electron chi connectivity index (χ0n) is 6.27. The largest absolute Gasteiger partial charge is 0.504 e. The summed E-state index contributed by atoms with van der Waals surface area (Å²) in [5.74, 6) is -0.637. The molecule has 1 aromatic rings. The maximum Gasteiger partial charge on any atom is 0.168 e. The van der Waals surface area contributed by atoms with Gasteiger partial charge in [-0.15, -0.1) is 0 Å². The zero-order chi connectivity index (χ0) is 7.56. The van der Waals surface area contributed by atoms with Crippen LogP contribution >= 0.6 is 0 Å². The Bertz CT molecular complexity index is 263. The number of aldehydes is 1. The van der Waals surface area contributed by atoms with Crippen molar-refractivity contribution in [2.75, 3.05) is 0 Å². The molecule has 0 heterocycles. The number of hydrogen-bond acceptors (Lipinski definition) is 3. The summed E-state index contributed by atoms with van der Waals surface area (Å²) >= 11 is 0. The Labute approximate surface area is 142 Å². The van der Waals surface area contributed by atoms with Gasteiger partial charge in [0.05, 0.1) is 5.56 Å². The molecule has 2 N–H and O–H groups in total. The molecule has 0 aliphatic carbocycles. The van der Waals surface area contributed by atoms with E-state index in [9.17, 15) is 4.79 Å². The topological polar surface area (TPSA) is 57.5 Å². The number of phenols is 2. The number of rotatable bonds is 1. The van der Waals surface area contributed by atoms with Gasteiger partial charge in [-0.2, -0.15) is 0 Å². The van der Waals surface area contributed by atoms with Crippen molar-refractivity contribution in [3.05, 3.63) is 23.8 Å². The fourth-order valence-corrected chi connectivity index (χ4v) is 0.644. The normalized spacial score (nSPS) is 7.67. The predicted molar refractivity (Wildman–Crippen MR) is 35.2 cm³/mol. The first-order valence-corrected chi connectivity index (χ1v) is 2.72. The van der Waals surface area contributed by atoms with E-state index in [0.717, 1.165) is 0 Å². The average Bonchev–Trinajstić information content (AvgIpc) is 1.95. The Balaban J connectivity index is 0. The van der Waals surface area contributed by atoms with Gasteiger partial charge in [-0.1, -0.05) is 6.07 Å². The van der Waals surface area contributed by atoms with Gasteiger partial charge < -0.3 is 10.2 Å². The van der Waals surface area contributed by atoms with Gasteiger partial charge in [0.25, 0.3) is 0 Å². The summed E-state index contributed by atoms with van der Waals surface area (Å²) in [6, 6.07) is 4.21. The maximum atomic E-state index is 10.1. The van der Waals surface area contributed by atoms with E-state index in [0.29, 0.717) is 6.29 Å². The summed E-state index contributed by atoms with van der Waals surface area (Å²) in [4.78, 5) is 10.1. The van der Waals surface area contributed by atoms with Crippen LogP contribution in [0, 0.1) is 88.1 Å². The molecule has 0 fully saturated rings. The summed E-state index contributed by atoms with van der Waals surface area (Å²) in [5.41, 5.74) is 0.0972. The monoisotopic (exact) mass is 592 g/mol. The number of phenolic OH excluding ortho intramolecular Hbond substituents is 2. The van der Waals surface area contributed by atoms with Crippen LogP contribution in [0.15, 0.2) is 18.2 Å². The molecule has 0 saturated heterocycles. The minimum Gasteiger partial charge on any atom is -0.504 e. The van der Waals surface area contributed by atoms with Gasteiger partial charge in [-0.25, -0.2) is 0 Å². The molecule has 0 unspecified atom stereocenters. The number of hydrogen-bond donors (Lipinski definition) is 2. The summed E-state index contributed by atoms with van der Waals surface area (Å²) in [7, 11) is 0. The minimum absolute atomic E-state index is 0. The fourth-order valence-electron chi connectivity index (χ4n) is 0.644. The van der Waals surface area contributed by atoms with E-state index in [1.54, 1.807) is 0 Å².